The Morgan fingerprint density at radius 2 is 1.91 bits per heavy atom. The molecule has 4 nitrogen and oxygen atoms in total. The van der Waals surface area contributed by atoms with Gasteiger partial charge in [-0.05, 0) is 57.8 Å². The highest BCUT2D eigenvalue weighted by atomic mass is 16.6. The quantitative estimate of drug-likeness (QED) is 0.763. The summed E-state index contributed by atoms with van der Waals surface area (Å²) in [5, 5.41) is 6.73. The lowest BCUT2D eigenvalue weighted by Gasteiger charge is -2.40. The Hall–Kier alpha value is -0.770. The van der Waals surface area contributed by atoms with Crippen molar-refractivity contribution < 1.29 is 9.53 Å². The predicted octanol–water partition coefficient (Wildman–Crippen LogP) is 4.34. The van der Waals surface area contributed by atoms with E-state index in [4.69, 9.17) is 4.74 Å². The first kappa shape index (κ1) is 20.3. The van der Waals surface area contributed by atoms with Gasteiger partial charge in [0, 0.05) is 18.6 Å². The van der Waals surface area contributed by atoms with Crippen LogP contribution >= 0.6 is 0 Å². The number of hydrogen-bond donors (Lipinski definition) is 2. The minimum atomic E-state index is -0.444. The molecule has 0 bridgehead atoms. The van der Waals surface area contributed by atoms with Crippen LogP contribution in [0.15, 0.2) is 0 Å². The fraction of sp³-hybridized carbons (Fsp3) is 0.947. The molecule has 0 saturated heterocycles. The third-order valence-electron chi connectivity index (χ3n) is 4.86. The van der Waals surface area contributed by atoms with Crippen molar-refractivity contribution in [2.24, 2.45) is 17.8 Å². The first-order chi connectivity index (χ1) is 10.6. The fourth-order valence-electron chi connectivity index (χ4n) is 3.54. The van der Waals surface area contributed by atoms with Gasteiger partial charge in [-0.3, -0.25) is 0 Å². The zero-order valence-corrected chi connectivity index (χ0v) is 16.2. The Kier molecular flexibility index (Phi) is 7.85. The maximum absolute atomic E-state index is 11.8. The number of carbonyl (C=O) groups is 1. The van der Waals surface area contributed by atoms with E-state index < -0.39 is 5.60 Å². The van der Waals surface area contributed by atoms with Gasteiger partial charge in [0.15, 0.2) is 0 Å². The first-order valence-electron chi connectivity index (χ1n) is 9.35. The van der Waals surface area contributed by atoms with Crippen LogP contribution in [0.1, 0.15) is 74.1 Å². The molecule has 4 atom stereocenters. The van der Waals surface area contributed by atoms with Gasteiger partial charge in [0.2, 0.25) is 0 Å². The van der Waals surface area contributed by atoms with E-state index in [2.05, 4.69) is 38.3 Å². The van der Waals surface area contributed by atoms with Gasteiger partial charge in [-0.15, -0.1) is 0 Å². The summed E-state index contributed by atoms with van der Waals surface area (Å²) in [6.45, 7) is 15.5. The van der Waals surface area contributed by atoms with Gasteiger partial charge in [-0.1, -0.05) is 34.1 Å². The highest BCUT2D eigenvalue weighted by Crippen LogP contribution is 2.33. The zero-order valence-electron chi connectivity index (χ0n) is 16.2. The molecule has 0 aromatic heterocycles. The lowest BCUT2D eigenvalue weighted by molar-refractivity contribution is 0.0518. The molecular weight excluding hydrogens is 288 g/mol. The molecule has 0 aromatic carbocycles. The monoisotopic (exact) mass is 326 g/mol. The molecular formula is C19H38N2O2. The second-order valence-corrected chi connectivity index (χ2v) is 8.59. The van der Waals surface area contributed by atoms with Gasteiger partial charge in [0.1, 0.15) is 5.60 Å². The van der Waals surface area contributed by atoms with Crippen LogP contribution in [0.2, 0.25) is 0 Å². The highest BCUT2D eigenvalue weighted by Gasteiger charge is 2.31. The number of rotatable bonds is 6. The minimum Gasteiger partial charge on any atom is -0.444 e. The van der Waals surface area contributed by atoms with Crippen molar-refractivity contribution >= 4 is 6.09 Å². The van der Waals surface area contributed by atoms with Crippen LogP contribution in [0, 0.1) is 17.8 Å². The summed E-state index contributed by atoms with van der Waals surface area (Å²) in [6, 6.07) is 0.864. The van der Waals surface area contributed by atoms with Crippen molar-refractivity contribution in [1.29, 1.82) is 0 Å². The predicted molar refractivity (Wildman–Crippen MR) is 96.6 cm³/mol. The second kappa shape index (κ2) is 8.91. The smallest absolute Gasteiger partial charge is 0.407 e. The van der Waals surface area contributed by atoms with E-state index in [9.17, 15) is 4.79 Å². The molecule has 0 aromatic rings. The van der Waals surface area contributed by atoms with E-state index in [1.54, 1.807) is 0 Å². The Balaban J connectivity index is 2.51. The van der Waals surface area contributed by atoms with Crippen LogP contribution in [0.25, 0.3) is 0 Å². The fourth-order valence-corrected chi connectivity index (χ4v) is 3.54. The van der Waals surface area contributed by atoms with E-state index in [0.717, 1.165) is 18.3 Å². The molecule has 1 aliphatic rings. The van der Waals surface area contributed by atoms with Crippen LogP contribution in [0.5, 0.6) is 0 Å². The summed E-state index contributed by atoms with van der Waals surface area (Å²) >= 11 is 0. The van der Waals surface area contributed by atoms with E-state index >= 15 is 0 Å². The molecule has 0 spiro atoms. The molecule has 0 aliphatic heterocycles. The van der Waals surface area contributed by atoms with Crippen molar-refractivity contribution in [3.05, 3.63) is 0 Å². The van der Waals surface area contributed by atoms with Crippen LogP contribution in [-0.4, -0.2) is 30.3 Å². The van der Waals surface area contributed by atoms with Crippen LogP contribution in [-0.2, 0) is 4.74 Å². The zero-order chi connectivity index (χ0) is 17.6. The van der Waals surface area contributed by atoms with Crippen molar-refractivity contribution in [1.82, 2.24) is 10.6 Å². The average molecular weight is 327 g/mol. The SMILES string of the molecule is CCC(CNC(=O)OC(C)(C)C)NC1CC(C)CCC1C(C)C. The largest absolute Gasteiger partial charge is 0.444 e. The van der Waals surface area contributed by atoms with E-state index in [1.807, 2.05) is 20.8 Å². The maximum atomic E-state index is 11.8. The summed E-state index contributed by atoms with van der Waals surface area (Å²) in [4.78, 5) is 11.8. The summed E-state index contributed by atoms with van der Waals surface area (Å²) in [6.07, 6.45) is 4.58. The molecule has 2 N–H and O–H groups in total. The Labute approximate surface area is 143 Å². The van der Waals surface area contributed by atoms with Gasteiger partial charge < -0.3 is 15.4 Å². The lowest BCUT2D eigenvalue weighted by atomic mass is 9.74. The van der Waals surface area contributed by atoms with E-state index in [1.165, 1.54) is 19.3 Å². The molecule has 1 amide bonds. The molecule has 1 fully saturated rings. The molecule has 4 heteroatoms. The standard InChI is InChI=1S/C19H38N2O2/c1-8-15(12-20-18(22)23-19(5,6)7)21-17-11-14(4)9-10-16(17)13(2)3/h13-17,21H,8-12H2,1-7H3,(H,20,22). The molecule has 136 valence electrons. The highest BCUT2D eigenvalue weighted by molar-refractivity contribution is 5.67. The second-order valence-electron chi connectivity index (χ2n) is 8.59. The Morgan fingerprint density at radius 1 is 1.26 bits per heavy atom. The summed E-state index contributed by atoms with van der Waals surface area (Å²) in [5.74, 6) is 2.23. The van der Waals surface area contributed by atoms with Gasteiger partial charge >= 0.3 is 6.09 Å². The summed E-state index contributed by atoms with van der Waals surface area (Å²) in [7, 11) is 0. The molecule has 1 rings (SSSR count). The van der Waals surface area contributed by atoms with Crippen LogP contribution in [0.4, 0.5) is 4.79 Å². The normalized spacial score (nSPS) is 26.9. The summed E-state index contributed by atoms with van der Waals surface area (Å²) in [5.41, 5.74) is -0.444. The number of nitrogens with one attached hydrogen (secondary N) is 2. The molecule has 0 heterocycles. The van der Waals surface area contributed by atoms with Crippen molar-refractivity contribution in [3.8, 4) is 0 Å². The van der Waals surface area contributed by atoms with Gasteiger partial charge in [0.05, 0.1) is 0 Å². The average Bonchev–Trinajstić information content (AvgIpc) is 2.41. The van der Waals surface area contributed by atoms with E-state index in [-0.39, 0.29) is 6.09 Å². The van der Waals surface area contributed by atoms with Gasteiger partial charge in [-0.2, -0.15) is 0 Å². The van der Waals surface area contributed by atoms with Crippen molar-refractivity contribution in [2.75, 3.05) is 6.54 Å². The molecule has 23 heavy (non-hydrogen) atoms. The Bertz CT molecular complexity index is 363. The molecule has 4 unspecified atom stereocenters. The topological polar surface area (TPSA) is 50.4 Å². The maximum Gasteiger partial charge on any atom is 0.407 e. The number of ether oxygens (including phenoxy) is 1. The lowest BCUT2D eigenvalue weighted by Crippen LogP contribution is -2.51. The first-order valence-corrected chi connectivity index (χ1v) is 9.35. The molecule has 1 aliphatic carbocycles. The van der Waals surface area contributed by atoms with E-state index in [0.29, 0.717) is 24.5 Å². The van der Waals surface area contributed by atoms with Crippen LogP contribution < -0.4 is 10.6 Å². The van der Waals surface area contributed by atoms with Crippen molar-refractivity contribution in [2.45, 2.75) is 91.8 Å². The minimum absolute atomic E-state index is 0.305. The molecule has 1 saturated carbocycles. The third kappa shape index (κ3) is 7.56. The van der Waals surface area contributed by atoms with Crippen molar-refractivity contribution in [3.63, 3.8) is 0 Å². The number of alkyl carbamates (subject to hydrolysis) is 1. The Morgan fingerprint density at radius 3 is 2.43 bits per heavy atom. The third-order valence-corrected chi connectivity index (χ3v) is 4.86. The van der Waals surface area contributed by atoms with Gasteiger partial charge in [0.25, 0.3) is 0 Å². The number of hydrogen-bond acceptors (Lipinski definition) is 3. The van der Waals surface area contributed by atoms with Crippen LogP contribution in [0.3, 0.4) is 0 Å². The molecule has 0 radical (unpaired) electrons. The number of amides is 1. The number of carbonyl (C=O) groups excluding carboxylic acids is 1. The van der Waals surface area contributed by atoms with Gasteiger partial charge in [-0.25, -0.2) is 4.79 Å². The summed E-state index contributed by atoms with van der Waals surface area (Å²) < 4.78 is 5.32.